The summed E-state index contributed by atoms with van der Waals surface area (Å²) in [7, 11) is 1.60. The van der Waals surface area contributed by atoms with E-state index in [1.165, 1.54) is 0 Å². The van der Waals surface area contributed by atoms with Crippen LogP contribution in [0.2, 0.25) is 0 Å². The maximum atomic E-state index is 8.73. The van der Waals surface area contributed by atoms with Crippen LogP contribution in [0, 0.1) is 0 Å². The van der Waals surface area contributed by atoms with Crippen molar-refractivity contribution in [1.29, 1.82) is 0 Å². The van der Waals surface area contributed by atoms with Gasteiger partial charge in [0, 0.05) is 19.3 Å². The lowest BCUT2D eigenvalue weighted by Gasteiger charge is -2.06. The van der Waals surface area contributed by atoms with Crippen LogP contribution in [-0.2, 0) is 4.74 Å². The molecule has 0 fully saturated rings. The van der Waals surface area contributed by atoms with Gasteiger partial charge in [-0.1, -0.05) is 18.7 Å². The topological polar surface area (TPSA) is 79.3 Å². The zero-order chi connectivity index (χ0) is 14.6. The van der Waals surface area contributed by atoms with E-state index in [9.17, 15) is 0 Å². The van der Waals surface area contributed by atoms with Crippen LogP contribution in [0.4, 0.5) is 11.8 Å². The summed E-state index contributed by atoms with van der Waals surface area (Å²) >= 11 is 0. The summed E-state index contributed by atoms with van der Waals surface area (Å²) in [5.74, 6) is 1.91. The highest BCUT2D eigenvalue weighted by molar-refractivity contribution is 5.39. The molecule has 0 saturated carbocycles. The molecule has 108 valence electrons. The minimum atomic E-state index is 0.0605. The first-order chi connectivity index (χ1) is 9.80. The van der Waals surface area contributed by atoms with Gasteiger partial charge in [-0.15, -0.1) is 0 Å². The van der Waals surface area contributed by atoms with Crippen molar-refractivity contribution in [3.8, 4) is 0 Å². The third-order valence-electron chi connectivity index (χ3n) is 2.25. The van der Waals surface area contributed by atoms with E-state index in [1.54, 1.807) is 31.5 Å². The Balaban J connectivity index is 2.47. The van der Waals surface area contributed by atoms with E-state index < -0.39 is 0 Å². The normalized spacial score (nSPS) is 11.4. The zero-order valence-electron chi connectivity index (χ0n) is 11.5. The fourth-order valence-electron chi connectivity index (χ4n) is 1.36. The van der Waals surface area contributed by atoms with E-state index in [0.29, 0.717) is 24.9 Å². The molecular weight excluding hydrogens is 256 g/mol. The molecule has 0 unspecified atom stereocenters. The second-order valence-electron chi connectivity index (χ2n) is 3.71. The summed E-state index contributed by atoms with van der Waals surface area (Å²) in [6.07, 6.45) is 8.82. The number of hydrogen-bond donors (Lipinski definition) is 3. The molecule has 3 N–H and O–H groups in total. The maximum Gasteiger partial charge on any atom is 0.224 e. The van der Waals surface area contributed by atoms with Gasteiger partial charge in [0.1, 0.15) is 11.6 Å². The molecule has 0 bridgehead atoms. The van der Waals surface area contributed by atoms with Crippen LogP contribution in [-0.4, -0.2) is 41.9 Å². The van der Waals surface area contributed by atoms with Crippen LogP contribution < -0.4 is 10.6 Å². The Kier molecular flexibility index (Phi) is 7.52. The van der Waals surface area contributed by atoms with Crippen molar-refractivity contribution in [3.63, 3.8) is 0 Å². The summed E-state index contributed by atoms with van der Waals surface area (Å²) in [5.41, 5.74) is 0. The van der Waals surface area contributed by atoms with Crippen molar-refractivity contribution in [2.45, 2.75) is 0 Å². The summed E-state index contributed by atoms with van der Waals surface area (Å²) in [6.45, 7) is 4.70. The van der Waals surface area contributed by atoms with Crippen molar-refractivity contribution < 1.29 is 9.84 Å². The van der Waals surface area contributed by atoms with Crippen molar-refractivity contribution in [2.75, 3.05) is 37.4 Å². The van der Waals surface area contributed by atoms with Gasteiger partial charge in [-0.25, -0.2) is 4.98 Å². The van der Waals surface area contributed by atoms with E-state index >= 15 is 0 Å². The van der Waals surface area contributed by atoms with Gasteiger partial charge in [-0.05, 0) is 18.2 Å². The lowest BCUT2D eigenvalue weighted by molar-refractivity contribution is 0.307. The zero-order valence-corrected chi connectivity index (χ0v) is 11.5. The summed E-state index contributed by atoms with van der Waals surface area (Å²) in [6, 6.07) is 1.74. The number of ether oxygens (including phenoxy) is 1. The summed E-state index contributed by atoms with van der Waals surface area (Å²) in [4.78, 5) is 8.34. The largest absolute Gasteiger partial charge is 0.497 e. The second-order valence-corrected chi connectivity index (χ2v) is 3.71. The number of hydrogen-bond acceptors (Lipinski definition) is 6. The lowest BCUT2D eigenvalue weighted by Crippen LogP contribution is -2.09. The first kappa shape index (κ1) is 15.7. The number of anilines is 2. The smallest absolute Gasteiger partial charge is 0.224 e. The number of allylic oxidation sites excluding steroid dienone is 3. The third kappa shape index (κ3) is 6.01. The van der Waals surface area contributed by atoms with E-state index in [-0.39, 0.29) is 6.61 Å². The highest BCUT2D eigenvalue weighted by atomic mass is 16.5. The van der Waals surface area contributed by atoms with E-state index in [2.05, 4.69) is 27.2 Å². The van der Waals surface area contributed by atoms with Crippen LogP contribution in [0.15, 0.2) is 48.9 Å². The van der Waals surface area contributed by atoms with Gasteiger partial charge in [0.25, 0.3) is 0 Å². The molecule has 0 saturated heterocycles. The molecular formula is C14H20N4O2. The summed E-state index contributed by atoms with van der Waals surface area (Å²) in [5, 5.41) is 14.8. The van der Waals surface area contributed by atoms with Crippen LogP contribution in [0.3, 0.4) is 0 Å². The van der Waals surface area contributed by atoms with Gasteiger partial charge in [-0.3, -0.25) is 0 Å². The molecule has 1 rings (SSSR count). The molecule has 0 atom stereocenters. The average molecular weight is 276 g/mol. The molecule has 0 aromatic carbocycles. The van der Waals surface area contributed by atoms with Gasteiger partial charge in [-0.2, -0.15) is 4.98 Å². The Labute approximate surface area is 118 Å². The fraction of sp³-hybridized carbons (Fsp3) is 0.286. The number of nitrogens with zero attached hydrogens (tertiary/aromatic N) is 2. The number of aliphatic hydroxyl groups excluding tert-OH is 1. The van der Waals surface area contributed by atoms with Gasteiger partial charge < -0.3 is 20.5 Å². The Bertz CT molecular complexity index is 472. The minimum absolute atomic E-state index is 0.0605. The highest BCUT2D eigenvalue weighted by Gasteiger charge is 1.96. The minimum Gasteiger partial charge on any atom is -0.497 e. The molecule has 1 aromatic heterocycles. The molecule has 0 spiro atoms. The molecule has 0 aliphatic carbocycles. The van der Waals surface area contributed by atoms with Crippen LogP contribution in [0.5, 0.6) is 0 Å². The predicted molar refractivity (Wildman–Crippen MR) is 80.5 cm³/mol. The standard InChI is InChI=1S/C14H20N4O2/c1-3-5-12(20-2)6-4-8-16-14-17-9-7-13(18-14)15-10-11-19/h3-7,9,19H,1,8,10-11H2,2H3,(H2,15,16,17,18)/b6-4-,12-5+. The lowest BCUT2D eigenvalue weighted by atomic mass is 10.4. The molecule has 1 heterocycles. The van der Waals surface area contributed by atoms with Crippen LogP contribution in [0.1, 0.15) is 0 Å². The highest BCUT2D eigenvalue weighted by Crippen LogP contribution is 2.05. The first-order valence-electron chi connectivity index (χ1n) is 6.25. The number of aromatic nitrogens is 2. The number of nitrogens with one attached hydrogen (secondary N) is 2. The van der Waals surface area contributed by atoms with Gasteiger partial charge in [0.2, 0.25) is 5.95 Å². The Morgan fingerprint density at radius 2 is 2.35 bits per heavy atom. The van der Waals surface area contributed by atoms with Crippen molar-refractivity contribution in [3.05, 3.63) is 48.9 Å². The van der Waals surface area contributed by atoms with E-state index in [0.717, 1.165) is 5.76 Å². The Morgan fingerprint density at radius 3 is 3.05 bits per heavy atom. The van der Waals surface area contributed by atoms with Crippen LogP contribution in [0.25, 0.3) is 0 Å². The summed E-state index contributed by atoms with van der Waals surface area (Å²) < 4.78 is 5.12. The maximum absolute atomic E-state index is 8.73. The third-order valence-corrected chi connectivity index (χ3v) is 2.25. The average Bonchev–Trinajstić information content (AvgIpc) is 2.48. The second kappa shape index (κ2) is 9.57. The van der Waals surface area contributed by atoms with Gasteiger partial charge in [0.15, 0.2) is 0 Å². The van der Waals surface area contributed by atoms with E-state index in [4.69, 9.17) is 9.84 Å². The van der Waals surface area contributed by atoms with Crippen LogP contribution >= 0.6 is 0 Å². The fourth-order valence-corrected chi connectivity index (χ4v) is 1.36. The molecule has 0 aliphatic rings. The molecule has 20 heavy (non-hydrogen) atoms. The number of methoxy groups -OCH3 is 1. The molecule has 6 nitrogen and oxygen atoms in total. The number of aliphatic hydroxyl groups is 1. The van der Waals surface area contributed by atoms with Crippen molar-refractivity contribution in [1.82, 2.24) is 9.97 Å². The molecule has 0 amide bonds. The van der Waals surface area contributed by atoms with Gasteiger partial charge in [0.05, 0.1) is 13.7 Å². The first-order valence-corrected chi connectivity index (χ1v) is 6.25. The monoisotopic (exact) mass is 276 g/mol. The molecule has 1 aromatic rings. The Morgan fingerprint density at radius 1 is 1.50 bits per heavy atom. The van der Waals surface area contributed by atoms with Gasteiger partial charge >= 0.3 is 0 Å². The SMILES string of the molecule is C=C/C=C(\C=C/CNc1nccc(NCCO)n1)OC. The predicted octanol–water partition coefficient (Wildman–Crippen LogP) is 1.57. The van der Waals surface area contributed by atoms with E-state index in [1.807, 2.05) is 12.2 Å². The Hall–Kier alpha value is -2.34. The molecule has 0 aliphatic heterocycles. The van der Waals surface area contributed by atoms with Crippen molar-refractivity contribution >= 4 is 11.8 Å². The molecule has 6 heteroatoms. The number of rotatable bonds is 9. The molecule has 0 radical (unpaired) electrons. The quantitative estimate of drug-likeness (QED) is 0.469. The van der Waals surface area contributed by atoms with Crippen molar-refractivity contribution in [2.24, 2.45) is 0 Å².